The maximum atomic E-state index is 6.23. The molecule has 0 unspecified atom stereocenters. The van der Waals surface area contributed by atoms with Gasteiger partial charge in [0.15, 0.2) is 0 Å². The fraction of sp³-hybridized carbons (Fsp3) is 0. The molecule has 8 aromatic carbocycles. The van der Waals surface area contributed by atoms with E-state index in [4.69, 9.17) is 4.42 Å². The summed E-state index contributed by atoms with van der Waals surface area (Å²) in [6, 6.07) is 66.9. The molecule has 0 N–H and O–H groups in total. The molecule has 0 bridgehead atoms. The van der Waals surface area contributed by atoms with Gasteiger partial charge in [0.25, 0.3) is 0 Å². The third kappa shape index (κ3) is 4.92. The molecule has 1 aromatic heterocycles. The molecule has 0 radical (unpaired) electrons. The van der Waals surface area contributed by atoms with Gasteiger partial charge in [0.1, 0.15) is 11.3 Å². The van der Waals surface area contributed by atoms with Gasteiger partial charge in [0.05, 0.1) is 5.69 Å². The Kier molecular flexibility index (Phi) is 6.84. The van der Waals surface area contributed by atoms with Gasteiger partial charge in [-0.3, -0.25) is 0 Å². The number of hydrogen-bond acceptors (Lipinski definition) is 2. The van der Waals surface area contributed by atoms with Crippen LogP contribution < -0.4 is 4.90 Å². The molecule has 0 saturated heterocycles. The summed E-state index contributed by atoms with van der Waals surface area (Å²) >= 11 is 0. The van der Waals surface area contributed by atoms with Crippen molar-refractivity contribution in [2.24, 2.45) is 0 Å². The van der Waals surface area contributed by atoms with Crippen LogP contribution in [-0.2, 0) is 0 Å². The summed E-state index contributed by atoms with van der Waals surface area (Å²) in [5.74, 6) is 0.876. The summed E-state index contributed by atoms with van der Waals surface area (Å²) in [6.45, 7) is 0. The van der Waals surface area contributed by atoms with Crippen LogP contribution in [0.1, 0.15) is 0 Å². The number of furan rings is 1. The summed E-state index contributed by atoms with van der Waals surface area (Å²) in [5, 5.41) is 6.01. The molecule has 9 rings (SSSR count). The fourth-order valence-electron chi connectivity index (χ4n) is 6.97. The van der Waals surface area contributed by atoms with E-state index in [2.05, 4.69) is 175 Å². The van der Waals surface area contributed by atoms with E-state index in [0.29, 0.717) is 0 Å². The maximum absolute atomic E-state index is 6.23. The molecule has 0 atom stereocenters. The molecule has 0 fully saturated rings. The lowest BCUT2D eigenvalue weighted by atomic mass is 9.94. The molecule has 2 nitrogen and oxygen atoms in total. The lowest BCUT2D eigenvalue weighted by molar-refractivity contribution is 0.631. The number of para-hydroxylation sites is 2. The zero-order valence-corrected chi connectivity index (χ0v) is 26.3. The van der Waals surface area contributed by atoms with E-state index < -0.39 is 0 Å². The highest BCUT2D eigenvalue weighted by Crippen LogP contribution is 2.43. The van der Waals surface area contributed by atoms with E-state index in [-0.39, 0.29) is 0 Å². The van der Waals surface area contributed by atoms with E-state index in [1.165, 1.54) is 38.2 Å². The lowest BCUT2D eigenvalue weighted by Crippen LogP contribution is -2.10. The Labute approximate surface area is 279 Å². The average Bonchev–Trinajstić information content (AvgIpc) is 3.60. The predicted octanol–water partition coefficient (Wildman–Crippen LogP) is 13.2. The molecule has 0 aliphatic heterocycles. The highest BCUT2D eigenvalue weighted by atomic mass is 16.3. The molecule has 0 amide bonds. The van der Waals surface area contributed by atoms with E-state index in [9.17, 15) is 0 Å². The zero-order chi connectivity index (χ0) is 31.9. The molecule has 0 aliphatic carbocycles. The van der Waals surface area contributed by atoms with Crippen molar-refractivity contribution < 1.29 is 4.42 Å². The topological polar surface area (TPSA) is 16.4 Å². The summed E-state index contributed by atoms with van der Waals surface area (Å²) in [5.41, 5.74) is 10.1. The first kappa shape index (κ1) is 27.9. The zero-order valence-electron chi connectivity index (χ0n) is 26.3. The molecule has 226 valence electrons. The second-order valence-electron chi connectivity index (χ2n) is 12.2. The Morgan fingerprint density at radius 2 is 0.979 bits per heavy atom. The van der Waals surface area contributed by atoms with Crippen LogP contribution >= 0.6 is 0 Å². The maximum Gasteiger partial charge on any atom is 0.135 e. The van der Waals surface area contributed by atoms with Crippen LogP contribution in [0.25, 0.3) is 66.1 Å². The van der Waals surface area contributed by atoms with E-state index in [1.807, 2.05) is 18.2 Å². The van der Waals surface area contributed by atoms with Gasteiger partial charge in [-0.1, -0.05) is 140 Å². The van der Waals surface area contributed by atoms with Gasteiger partial charge < -0.3 is 9.32 Å². The molecule has 0 saturated carbocycles. The Bertz CT molecular complexity index is 2520. The minimum Gasteiger partial charge on any atom is -0.456 e. The van der Waals surface area contributed by atoms with Crippen molar-refractivity contribution in [1.82, 2.24) is 0 Å². The number of nitrogens with zero attached hydrogens (tertiary/aromatic N) is 1. The first-order valence-corrected chi connectivity index (χ1v) is 16.3. The van der Waals surface area contributed by atoms with Crippen molar-refractivity contribution in [3.63, 3.8) is 0 Å². The van der Waals surface area contributed by atoms with Crippen molar-refractivity contribution in [2.75, 3.05) is 4.90 Å². The first-order chi connectivity index (χ1) is 23.8. The minimum absolute atomic E-state index is 0.876. The lowest BCUT2D eigenvalue weighted by Gasteiger charge is -2.27. The average molecular weight is 614 g/mol. The van der Waals surface area contributed by atoms with Crippen LogP contribution in [0.15, 0.2) is 192 Å². The Morgan fingerprint density at radius 3 is 1.81 bits per heavy atom. The molecular formula is C46H31NO. The highest BCUT2D eigenvalue weighted by molar-refractivity contribution is 6.06. The highest BCUT2D eigenvalue weighted by Gasteiger charge is 2.18. The van der Waals surface area contributed by atoms with E-state index in [0.717, 1.165) is 44.9 Å². The Morgan fingerprint density at radius 1 is 0.354 bits per heavy atom. The summed E-state index contributed by atoms with van der Waals surface area (Å²) in [6.07, 6.45) is 0. The van der Waals surface area contributed by atoms with Gasteiger partial charge in [-0.05, 0) is 86.9 Å². The van der Waals surface area contributed by atoms with Gasteiger partial charge in [-0.25, -0.2) is 0 Å². The summed E-state index contributed by atoms with van der Waals surface area (Å²) in [4.78, 5) is 2.36. The largest absolute Gasteiger partial charge is 0.456 e. The molecule has 2 heteroatoms. The third-order valence-corrected chi connectivity index (χ3v) is 9.27. The van der Waals surface area contributed by atoms with Crippen LogP contribution in [-0.4, -0.2) is 0 Å². The van der Waals surface area contributed by atoms with Gasteiger partial charge >= 0.3 is 0 Å². The number of fused-ring (bicyclic) bond motifs is 3. The van der Waals surface area contributed by atoms with Crippen LogP contribution in [0.3, 0.4) is 0 Å². The van der Waals surface area contributed by atoms with Crippen molar-refractivity contribution >= 4 is 49.6 Å². The first-order valence-electron chi connectivity index (χ1n) is 16.3. The fourth-order valence-corrected chi connectivity index (χ4v) is 6.97. The normalized spacial score (nSPS) is 11.3. The summed E-state index contributed by atoms with van der Waals surface area (Å²) < 4.78 is 6.23. The minimum atomic E-state index is 0.876. The number of benzene rings is 8. The van der Waals surface area contributed by atoms with Gasteiger partial charge in [-0.2, -0.15) is 0 Å². The van der Waals surface area contributed by atoms with Crippen LogP contribution in [0.2, 0.25) is 0 Å². The van der Waals surface area contributed by atoms with Crippen LogP contribution in [0.4, 0.5) is 17.1 Å². The molecule has 0 aliphatic rings. The molecular weight excluding hydrogens is 583 g/mol. The van der Waals surface area contributed by atoms with Gasteiger partial charge in [-0.15, -0.1) is 0 Å². The Hall–Kier alpha value is -6.38. The second-order valence-corrected chi connectivity index (χ2v) is 12.2. The van der Waals surface area contributed by atoms with E-state index >= 15 is 0 Å². The summed E-state index contributed by atoms with van der Waals surface area (Å²) in [7, 11) is 0. The van der Waals surface area contributed by atoms with Crippen LogP contribution in [0, 0.1) is 0 Å². The van der Waals surface area contributed by atoms with Gasteiger partial charge in [0, 0.05) is 27.7 Å². The van der Waals surface area contributed by atoms with E-state index in [1.54, 1.807) is 0 Å². The standard InChI is InChI=1S/C46H31NO/c1-2-17-37(18-3-1)47(38-26-24-33(25-27-38)40-22-11-14-32-12-4-6-19-39(32)40)44-29-28-41(42-20-7-8-21-43(42)44)34-15-10-16-35(30-34)46-31-36-13-5-9-23-45(36)48-46/h1-31H. The smallest absolute Gasteiger partial charge is 0.135 e. The quantitative estimate of drug-likeness (QED) is 0.185. The number of hydrogen-bond donors (Lipinski definition) is 0. The van der Waals surface area contributed by atoms with Gasteiger partial charge in [0.2, 0.25) is 0 Å². The third-order valence-electron chi connectivity index (χ3n) is 9.27. The number of anilines is 3. The molecule has 0 spiro atoms. The predicted molar refractivity (Wildman–Crippen MR) is 202 cm³/mol. The van der Waals surface area contributed by atoms with Crippen LogP contribution in [0.5, 0.6) is 0 Å². The molecule has 9 aromatic rings. The van der Waals surface area contributed by atoms with Crippen molar-refractivity contribution in [2.45, 2.75) is 0 Å². The van der Waals surface area contributed by atoms with Crippen molar-refractivity contribution in [1.29, 1.82) is 0 Å². The molecule has 1 heterocycles. The number of rotatable bonds is 6. The second kappa shape index (κ2) is 11.8. The molecule has 48 heavy (non-hydrogen) atoms. The Balaban J connectivity index is 1.15. The SMILES string of the molecule is c1ccc(N(c2ccc(-c3cccc4ccccc34)cc2)c2ccc(-c3cccc(-c4cc5ccccc5o4)c3)c3ccccc23)cc1. The monoisotopic (exact) mass is 613 g/mol. The van der Waals surface area contributed by atoms with Crippen molar-refractivity contribution in [3.8, 4) is 33.6 Å². The van der Waals surface area contributed by atoms with Crippen molar-refractivity contribution in [3.05, 3.63) is 188 Å².